The Labute approximate surface area is 135 Å². The molecule has 0 amide bonds. The molecule has 0 spiro atoms. The minimum absolute atomic E-state index is 0.320. The number of rotatable bonds is 3. The maximum absolute atomic E-state index is 6.13. The topological polar surface area (TPSA) is 38.0 Å². The summed E-state index contributed by atoms with van der Waals surface area (Å²) in [5.41, 5.74) is 7.98. The third kappa shape index (κ3) is 3.60. The molecule has 2 aromatic rings. The lowest BCUT2D eigenvalue weighted by Gasteiger charge is -2.13. The van der Waals surface area contributed by atoms with Crippen LogP contribution in [0.3, 0.4) is 0 Å². The van der Waals surface area contributed by atoms with Gasteiger partial charge in [0.1, 0.15) is 4.99 Å². The molecular formula is C13H9BrCl2N2S. The molecular weight excluding hydrogens is 367 g/mol. The first kappa shape index (κ1) is 14.6. The van der Waals surface area contributed by atoms with E-state index >= 15 is 0 Å². The van der Waals surface area contributed by atoms with Crippen molar-refractivity contribution in [1.82, 2.24) is 0 Å². The smallest absolute Gasteiger partial charge is 0.106 e. The van der Waals surface area contributed by atoms with Crippen molar-refractivity contribution in [3.63, 3.8) is 0 Å². The average Bonchev–Trinajstić information content (AvgIpc) is 2.32. The van der Waals surface area contributed by atoms with Gasteiger partial charge in [0.05, 0.1) is 10.7 Å². The van der Waals surface area contributed by atoms with Gasteiger partial charge in [-0.25, -0.2) is 0 Å². The van der Waals surface area contributed by atoms with Crippen LogP contribution in [0.2, 0.25) is 10.0 Å². The van der Waals surface area contributed by atoms with Gasteiger partial charge in [0, 0.05) is 20.7 Å². The second kappa shape index (κ2) is 6.09. The van der Waals surface area contributed by atoms with Gasteiger partial charge in [-0.05, 0) is 36.4 Å². The van der Waals surface area contributed by atoms with E-state index < -0.39 is 0 Å². The molecule has 0 unspecified atom stereocenters. The van der Waals surface area contributed by atoms with Gasteiger partial charge < -0.3 is 11.1 Å². The van der Waals surface area contributed by atoms with Crippen LogP contribution in [0.25, 0.3) is 0 Å². The van der Waals surface area contributed by atoms with Gasteiger partial charge in [0.15, 0.2) is 0 Å². The number of hydrogen-bond donors (Lipinski definition) is 2. The Kier molecular flexibility index (Phi) is 4.68. The zero-order chi connectivity index (χ0) is 14.0. The van der Waals surface area contributed by atoms with E-state index in [9.17, 15) is 0 Å². The SMILES string of the molecule is NC(=S)c1ccc(Br)cc1Nc1ccc(Cl)cc1Cl. The van der Waals surface area contributed by atoms with Crippen LogP contribution >= 0.6 is 51.3 Å². The molecule has 6 heteroatoms. The molecule has 98 valence electrons. The Bertz CT molecular complexity index is 647. The molecule has 2 aromatic carbocycles. The maximum atomic E-state index is 6.13. The van der Waals surface area contributed by atoms with E-state index in [1.807, 2.05) is 18.2 Å². The highest BCUT2D eigenvalue weighted by molar-refractivity contribution is 9.10. The van der Waals surface area contributed by atoms with E-state index in [4.69, 9.17) is 41.2 Å². The van der Waals surface area contributed by atoms with Crippen LogP contribution in [0.5, 0.6) is 0 Å². The lowest BCUT2D eigenvalue weighted by molar-refractivity contribution is 1.50. The summed E-state index contributed by atoms with van der Waals surface area (Å²) in [6.45, 7) is 0. The van der Waals surface area contributed by atoms with Crippen molar-refractivity contribution in [2.24, 2.45) is 5.73 Å². The fourth-order valence-electron chi connectivity index (χ4n) is 1.57. The van der Waals surface area contributed by atoms with Crippen molar-refractivity contribution in [3.8, 4) is 0 Å². The van der Waals surface area contributed by atoms with E-state index in [-0.39, 0.29) is 0 Å². The number of nitrogens with two attached hydrogens (primary N) is 1. The first-order valence-electron chi connectivity index (χ1n) is 5.29. The Morgan fingerprint density at radius 1 is 1.11 bits per heavy atom. The van der Waals surface area contributed by atoms with E-state index in [2.05, 4.69) is 21.2 Å². The van der Waals surface area contributed by atoms with E-state index in [0.717, 1.165) is 21.4 Å². The molecule has 0 fully saturated rings. The molecule has 19 heavy (non-hydrogen) atoms. The Balaban J connectivity index is 2.42. The van der Waals surface area contributed by atoms with Crippen LogP contribution in [-0.4, -0.2) is 4.99 Å². The Morgan fingerprint density at radius 2 is 1.84 bits per heavy atom. The van der Waals surface area contributed by atoms with Crippen molar-refractivity contribution in [1.29, 1.82) is 0 Å². The molecule has 0 aromatic heterocycles. The lowest BCUT2D eigenvalue weighted by Crippen LogP contribution is -2.11. The van der Waals surface area contributed by atoms with Crippen molar-refractivity contribution >= 4 is 67.7 Å². The second-order valence-electron chi connectivity index (χ2n) is 3.80. The highest BCUT2D eigenvalue weighted by Gasteiger charge is 2.08. The van der Waals surface area contributed by atoms with Gasteiger partial charge in [-0.2, -0.15) is 0 Å². The van der Waals surface area contributed by atoms with Crippen LogP contribution in [0, 0.1) is 0 Å². The van der Waals surface area contributed by atoms with Crippen LogP contribution < -0.4 is 11.1 Å². The quantitative estimate of drug-likeness (QED) is 0.730. The minimum atomic E-state index is 0.320. The number of nitrogens with one attached hydrogen (secondary N) is 1. The highest BCUT2D eigenvalue weighted by atomic mass is 79.9. The molecule has 0 aliphatic heterocycles. The molecule has 3 N–H and O–H groups in total. The third-order valence-corrected chi connectivity index (χ3v) is 3.71. The summed E-state index contributed by atoms with van der Waals surface area (Å²) in [6.07, 6.45) is 0. The molecule has 0 aliphatic rings. The minimum Gasteiger partial charge on any atom is -0.389 e. The van der Waals surface area contributed by atoms with Crippen molar-refractivity contribution in [2.45, 2.75) is 0 Å². The Morgan fingerprint density at radius 3 is 2.47 bits per heavy atom. The first-order valence-corrected chi connectivity index (χ1v) is 7.24. The maximum Gasteiger partial charge on any atom is 0.106 e. The summed E-state index contributed by atoms with van der Waals surface area (Å²) in [5.74, 6) is 0. The highest BCUT2D eigenvalue weighted by Crippen LogP contribution is 2.31. The van der Waals surface area contributed by atoms with E-state index in [1.165, 1.54) is 0 Å². The van der Waals surface area contributed by atoms with Gasteiger partial charge >= 0.3 is 0 Å². The summed E-state index contributed by atoms with van der Waals surface area (Å²) in [7, 11) is 0. The van der Waals surface area contributed by atoms with Gasteiger partial charge in [-0.3, -0.25) is 0 Å². The van der Waals surface area contributed by atoms with Crippen LogP contribution in [0.4, 0.5) is 11.4 Å². The van der Waals surface area contributed by atoms with E-state index in [0.29, 0.717) is 15.0 Å². The fraction of sp³-hybridized carbons (Fsp3) is 0. The summed E-state index contributed by atoms with van der Waals surface area (Å²) in [5, 5.41) is 4.31. The molecule has 0 heterocycles. The zero-order valence-electron chi connectivity index (χ0n) is 9.58. The van der Waals surface area contributed by atoms with Crippen molar-refractivity contribution in [2.75, 3.05) is 5.32 Å². The van der Waals surface area contributed by atoms with Crippen molar-refractivity contribution < 1.29 is 0 Å². The number of hydrogen-bond acceptors (Lipinski definition) is 2. The predicted octanol–water partition coefficient (Wildman–Crippen LogP) is 5.13. The second-order valence-corrected chi connectivity index (χ2v) is 6.00. The zero-order valence-corrected chi connectivity index (χ0v) is 13.5. The average molecular weight is 376 g/mol. The number of benzene rings is 2. The first-order chi connectivity index (χ1) is 8.97. The Hall–Kier alpha value is -0.810. The number of halogens is 3. The van der Waals surface area contributed by atoms with E-state index in [1.54, 1.807) is 18.2 Å². The number of anilines is 2. The summed E-state index contributed by atoms with van der Waals surface area (Å²) in [4.78, 5) is 0.320. The third-order valence-electron chi connectivity index (χ3n) is 2.45. The van der Waals surface area contributed by atoms with Gasteiger partial charge in [0.2, 0.25) is 0 Å². The molecule has 0 radical (unpaired) electrons. The lowest BCUT2D eigenvalue weighted by atomic mass is 10.1. The summed E-state index contributed by atoms with van der Waals surface area (Å²) in [6, 6.07) is 10.8. The van der Waals surface area contributed by atoms with Crippen LogP contribution in [-0.2, 0) is 0 Å². The standard InChI is InChI=1S/C13H9BrCl2N2S/c14-7-1-3-9(13(17)19)12(5-7)18-11-4-2-8(15)6-10(11)16/h1-6,18H,(H2,17,19). The van der Waals surface area contributed by atoms with Gasteiger partial charge in [-0.15, -0.1) is 0 Å². The molecule has 0 saturated heterocycles. The molecule has 2 rings (SSSR count). The molecule has 2 nitrogen and oxygen atoms in total. The van der Waals surface area contributed by atoms with Crippen LogP contribution in [0.1, 0.15) is 5.56 Å². The summed E-state index contributed by atoms with van der Waals surface area (Å²) < 4.78 is 0.917. The van der Waals surface area contributed by atoms with Gasteiger partial charge in [-0.1, -0.05) is 51.3 Å². The van der Waals surface area contributed by atoms with Crippen molar-refractivity contribution in [3.05, 3.63) is 56.5 Å². The monoisotopic (exact) mass is 374 g/mol. The van der Waals surface area contributed by atoms with Gasteiger partial charge in [0.25, 0.3) is 0 Å². The number of thiocarbonyl (C=S) groups is 1. The molecule has 0 bridgehead atoms. The fourth-order valence-corrected chi connectivity index (χ4v) is 2.57. The molecule has 0 aliphatic carbocycles. The predicted molar refractivity (Wildman–Crippen MR) is 89.8 cm³/mol. The largest absolute Gasteiger partial charge is 0.389 e. The summed E-state index contributed by atoms with van der Waals surface area (Å²) >= 11 is 20.4. The van der Waals surface area contributed by atoms with Crippen LogP contribution in [0.15, 0.2) is 40.9 Å². The molecule has 0 atom stereocenters. The normalized spacial score (nSPS) is 10.3. The molecule has 0 saturated carbocycles.